The van der Waals surface area contributed by atoms with E-state index in [-0.39, 0.29) is 12.5 Å². The molecule has 0 saturated carbocycles. The van der Waals surface area contributed by atoms with Crippen LogP contribution in [0.1, 0.15) is 29.6 Å². The van der Waals surface area contributed by atoms with Gasteiger partial charge in [0, 0.05) is 12.1 Å². The molecule has 3 rings (SSSR count). The third-order valence-electron chi connectivity index (χ3n) is 3.64. The Morgan fingerprint density at radius 3 is 2.64 bits per heavy atom. The van der Waals surface area contributed by atoms with Gasteiger partial charge in [0.1, 0.15) is 5.75 Å². The fourth-order valence-electron chi connectivity index (χ4n) is 2.42. The van der Waals surface area contributed by atoms with Crippen LogP contribution in [0.3, 0.4) is 0 Å². The average Bonchev–Trinajstić information content (AvgIpc) is 3.32. The minimum Gasteiger partial charge on any atom is -0.497 e. The predicted molar refractivity (Wildman–Crippen MR) is 90.0 cm³/mol. The highest BCUT2D eigenvalue weighted by molar-refractivity contribution is 5.94. The van der Waals surface area contributed by atoms with Crippen molar-refractivity contribution in [3.63, 3.8) is 0 Å². The Morgan fingerprint density at radius 1 is 1.20 bits per heavy atom. The second kappa shape index (κ2) is 7.65. The lowest BCUT2D eigenvalue weighted by Gasteiger charge is -2.20. The minimum atomic E-state index is -0.0951. The summed E-state index contributed by atoms with van der Waals surface area (Å²) in [6.45, 7) is 2.84. The summed E-state index contributed by atoms with van der Waals surface area (Å²) in [6, 6.07) is 10.5. The van der Waals surface area contributed by atoms with Gasteiger partial charge < -0.3 is 18.5 Å². The smallest absolute Gasteiger partial charge is 0.283 e. The SMILES string of the molecule is CCCN(Cc1nnc(-c2ccco2)o1)C(=O)c1ccc(OC)cc1. The van der Waals surface area contributed by atoms with Gasteiger partial charge >= 0.3 is 0 Å². The number of amides is 1. The Kier molecular flexibility index (Phi) is 5.13. The number of furan rings is 1. The molecule has 0 spiro atoms. The molecule has 0 bridgehead atoms. The van der Waals surface area contributed by atoms with Gasteiger partial charge in [-0.15, -0.1) is 10.2 Å². The predicted octanol–water partition coefficient (Wildman–Crippen LogP) is 3.39. The van der Waals surface area contributed by atoms with Crippen LogP contribution in [0.5, 0.6) is 5.75 Å². The summed E-state index contributed by atoms with van der Waals surface area (Å²) >= 11 is 0. The lowest BCUT2D eigenvalue weighted by atomic mass is 10.2. The Balaban J connectivity index is 1.75. The first-order valence-corrected chi connectivity index (χ1v) is 8.01. The molecule has 1 amide bonds. The van der Waals surface area contributed by atoms with Gasteiger partial charge in [-0.1, -0.05) is 6.92 Å². The summed E-state index contributed by atoms with van der Waals surface area (Å²) in [5.41, 5.74) is 0.583. The summed E-state index contributed by atoms with van der Waals surface area (Å²) < 4.78 is 16.0. The van der Waals surface area contributed by atoms with Crippen molar-refractivity contribution in [3.8, 4) is 17.4 Å². The zero-order valence-electron chi connectivity index (χ0n) is 14.1. The molecule has 1 aromatic carbocycles. The topological polar surface area (TPSA) is 81.6 Å². The fourth-order valence-corrected chi connectivity index (χ4v) is 2.42. The summed E-state index contributed by atoms with van der Waals surface area (Å²) in [4.78, 5) is 14.4. The number of nitrogens with zero attached hydrogens (tertiary/aromatic N) is 3. The summed E-state index contributed by atoms with van der Waals surface area (Å²) in [5, 5.41) is 7.97. The summed E-state index contributed by atoms with van der Waals surface area (Å²) in [5.74, 6) is 1.78. The van der Waals surface area contributed by atoms with Crippen molar-refractivity contribution in [1.29, 1.82) is 0 Å². The van der Waals surface area contributed by atoms with Crippen molar-refractivity contribution in [2.45, 2.75) is 19.9 Å². The highest BCUT2D eigenvalue weighted by Gasteiger charge is 2.19. The quantitative estimate of drug-likeness (QED) is 0.655. The van der Waals surface area contributed by atoms with Crippen LogP contribution in [0, 0.1) is 0 Å². The molecule has 0 aliphatic carbocycles. The molecule has 0 unspecified atom stereocenters. The molecule has 130 valence electrons. The third kappa shape index (κ3) is 3.88. The molecule has 25 heavy (non-hydrogen) atoms. The van der Waals surface area contributed by atoms with E-state index in [2.05, 4.69) is 10.2 Å². The molecule has 0 fully saturated rings. The number of methoxy groups -OCH3 is 1. The van der Waals surface area contributed by atoms with E-state index in [0.29, 0.717) is 35.4 Å². The number of ether oxygens (including phenoxy) is 1. The lowest BCUT2D eigenvalue weighted by Crippen LogP contribution is -2.31. The molecular weight excluding hydrogens is 322 g/mol. The number of aromatic nitrogens is 2. The monoisotopic (exact) mass is 341 g/mol. The molecule has 7 nitrogen and oxygen atoms in total. The van der Waals surface area contributed by atoms with Gasteiger partial charge in [-0.3, -0.25) is 4.79 Å². The number of rotatable bonds is 7. The van der Waals surface area contributed by atoms with Crippen molar-refractivity contribution >= 4 is 5.91 Å². The molecule has 7 heteroatoms. The molecule has 0 aliphatic heterocycles. The van der Waals surface area contributed by atoms with Crippen molar-refractivity contribution in [1.82, 2.24) is 15.1 Å². The first-order valence-electron chi connectivity index (χ1n) is 8.01. The lowest BCUT2D eigenvalue weighted by molar-refractivity contribution is 0.0728. The van der Waals surface area contributed by atoms with Crippen molar-refractivity contribution < 1.29 is 18.4 Å². The second-order valence-corrected chi connectivity index (χ2v) is 5.43. The Bertz CT molecular complexity index is 809. The van der Waals surface area contributed by atoms with Crippen molar-refractivity contribution in [2.24, 2.45) is 0 Å². The van der Waals surface area contributed by atoms with Gasteiger partial charge in [-0.2, -0.15) is 0 Å². The van der Waals surface area contributed by atoms with Gasteiger partial charge in [0.25, 0.3) is 11.8 Å². The van der Waals surface area contributed by atoms with E-state index < -0.39 is 0 Å². The molecule has 0 radical (unpaired) electrons. The van der Waals surface area contributed by atoms with Crippen LogP contribution in [0.25, 0.3) is 11.7 Å². The standard InChI is InChI=1S/C18H19N3O4/c1-3-10-21(18(22)13-6-8-14(23-2)9-7-13)12-16-19-20-17(25-16)15-5-4-11-24-15/h4-9,11H,3,10,12H2,1-2H3. The summed E-state index contributed by atoms with van der Waals surface area (Å²) in [7, 11) is 1.59. The van der Waals surface area contributed by atoms with E-state index in [1.807, 2.05) is 6.92 Å². The van der Waals surface area contributed by atoms with Crippen LogP contribution in [0.4, 0.5) is 0 Å². The number of carbonyl (C=O) groups excluding carboxylic acids is 1. The van der Waals surface area contributed by atoms with Crippen LogP contribution < -0.4 is 4.74 Å². The second-order valence-electron chi connectivity index (χ2n) is 5.43. The fraction of sp³-hybridized carbons (Fsp3) is 0.278. The largest absolute Gasteiger partial charge is 0.497 e. The third-order valence-corrected chi connectivity index (χ3v) is 3.64. The van der Waals surface area contributed by atoms with Gasteiger partial charge in [0.15, 0.2) is 5.76 Å². The van der Waals surface area contributed by atoms with E-state index in [4.69, 9.17) is 13.6 Å². The zero-order chi connectivity index (χ0) is 17.6. The van der Waals surface area contributed by atoms with Crippen LogP contribution >= 0.6 is 0 Å². The first-order chi connectivity index (χ1) is 12.2. The number of hydrogen-bond donors (Lipinski definition) is 0. The van der Waals surface area contributed by atoms with E-state index in [0.717, 1.165) is 6.42 Å². The molecule has 0 atom stereocenters. The highest BCUT2D eigenvalue weighted by Crippen LogP contribution is 2.19. The maximum atomic E-state index is 12.8. The van der Waals surface area contributed by atoms with Crippen molar-refractivity contribution in [3.05, 3.63) is 54.1 Å². The van der Waals surface area contributed by atoms with E-state index in [9.17, 15) is 4.79 Å². The van der Waals surface area contributed by atoms with Gasteiger partial charge in [0.2, 0.25) is 5.89 Å². The molecule has 2 aromatic heterocycles. The zero-order valence-corrected chi connectivity index (χ0v) is 14.1. The average molecular weight is 341 g/mol. The van der Waals surface area contributed by atoms with Crippen LogP contribution in [-0.2, 0) is 6.54 Å². The first kappa shape index (κ1) is 16.8. The molecule has 3 aromatic rings. The highest BCUT2D eigenvalue weighted by atomic mass is 16.5. The maximum absolute atomic E-state index is 12.8. The Morgan fingerprint density at radius 2 is 2.00 bits per heavy atom. The van der Waals surface area contributed by atoms with E-state index in [1.165, 1.54) is 6.26 Å². The number of hydrogen-bond acceptors (Lipinski definition) is 6. The Labute approximate surface area is 145 Å². The minimum absolute atomic E-state index is 0.0951. The van der Waals surface area contributed by atoms with Gasteiger partial charge in [-0.05, 0) is 42.8 Å². The molecule has 0 N–H and O–H groups in total. The van der Waals surface area contributed by atoms with Gasteiger partial charge in [0.05, 0.1) is 19.9 Å². The number of carbonyl (C=O) groups is 1. The number of benzene rings is 1. The van der Waals surface area contributed by atoms with E-state index in [1.54, 1.807) is 48.4 Å². The molecule has 0 aliphatic rings. The maximum Gasteiger partial charge on any atom is 0.283 e. The van der Waals surface area contributed by atoms with Crippen LogP contribution in [0.15, 0.2) is 51.5 Å². The molecule has 2 heterocycles. The Hall–Kier alpha value is -3.09. The molecule has 0 saturated heterocycles. The normalized spacial score (nSPS) is 10.6. The van der Waals surface area contributed by atoms with Crippen LogP contribution in [0.2, 0.25) is 0 Å². The van der Waals surface area contributed by atoms with Crippen LogP contribution in [-0.4, -0.2) is 34.7 Å². The van der Waals surface area contributed by atoms with E-state index >= 15 is 0 Å². The summed E-state index contributed by atoms with van der Waals surface area (Å²) in [6.07, 6.45) is 2.36. The molecular formula is C18H19N3O4. The van der Waals surface area contributed by atoms with Crippen molar-refractivity contribution in [2.75, 3.05) is 13.7 Å². The van der Waals surface area contributed by atoms with Gasteiger partial charge in [-0.25, -0.2) is 0 Å².